The highest BCUT2D eigenvalue weighted by molar-refractivity contribution is 7.89. The Morgan fingerprint density at radius 2 is 1.80 bits per heavy atom. The minimum Gasteiger partial charge on any atom is -0.325 e. The molecule has 1 aromatic heterocycles. The van der Waals surface area contributed by atoms with Gasteiger partial charge >= 0.3 is 0 Å². The Kier molecular flexibility index (Phi) is 5.43. The van der Waals surface area contributed by atoms with E-state index in [9.17, 15) is 13.2 Å². The molecule has 1 atom stereocenters. The SMILES string of the molecule is O=C(CN1CCc2sccc2C1C1CC1)Nc1ccc(S(=O)(=O)N2CCCC2)cc1. The van der Waals surface area contributed by atoms with Gasteiger partial charge in [0.2, 0.25) is 15.9 Å². The van der Waals surface area contributed by atoms with E-state index >= 15 is 0 Å². The van der Waals surface area contributed by atoms with Gasteiger partial charge in [0.05, 0.1) is 11.4 Å². The average Bonchev–Trinajstić information content (AvgIpc) is 3.20. The number of rotatable bonds is 6. The van der Waals surface area contributed by atoms with E-state index in [1.807, 2.05) is 11.3 Å². The van der Waals surface area contributed by atoms with Crippen LogP contribution in [-0.2, 0) is 21.2 Å². The van der Waals surface area contributed by atoms with E-state index in [0.29, 0.717) is 37.3 Å². The highest BCUT2D eigenvalue weighted by Crippen LogP contribution is 2.48. The third-order valence-corrected chi connectivity index (χ3v) is 9.28. The van der Waals surface area contributed by atoms with Crippen LogP contribution in [0.2, 0.25) is 0 Å². The Bertz CT molecular complexity index is 1020. The molecule has 8 heteroatoms. The summed E-state index contributed by atoms with van der Waals surface area (Å²) in [6, 6.07) is 9.15. The number of amides is 1. The Balaban J connectivity index is 1.24. The van der Waals surface area contributed by atoms with Crippen molar-refractivity contribution in [2.24, 2.45) is 5.92 Å². The first kappa shape index (κ1) is 20.2. The minimum absolute atomic E-state index is 0.0468. The molecule has 1 aromatic carbocycles. The molecular formula is C22H27N3O3S2. The van der Waals surface area contributed by atoms with Gasteiger partial charge in [-0.25, -0.2) is 8.42 Å². The van der Waals surface area contributed by atoms with Crippen molar-refractivity contribution in [3.8, 4) is 0 Å². The Morgan fingerprint density at radius 1 is 1.07 bits per heavy atom. The van der Waals surface area contributed by atoms with Gasteiger partial charge in [0.25, 0.3) is 0 Å². The van der Waals surface area contributed by atoms with Gasteiger partial charge in [0.15, 0.2) is 0 Å². The van der Waals surface area contributed by atoms with Crippen molar-refractivity contribution < 1.29 is 13.2 Å². The molecule has 1 amide bonds. The molecule has 5 rings (SSSR count). The van der Waals surface area contributed by atoms with Gasteiger partial charge < -0.3 is 5.32 Å². The Labute approximate surface area is 181 Å². The fourth-order valence-corrected chi connectivity index (χ4v) is 7.14. The fourth-order valence-electron chi connectivity index (χ4n) is 4.71. The van der Waals surface area contributed by atoms with E-state index in [4.69, 9.17) is 0 Å². The molecule has 0 bridgehead atoms. The number of carbonyl (C=O) groups excluding carboxylic acids is 1. The molecule has 3 aliphatic rings. The number of hydrogen-bond acceptors (Lipinski definition) is 5. The molecule has 2 aliphatic heterocycles. The molecule has 2 aromatic rings. The molecule has 1 aliphatic carbocycles. The summed E-state index contributed by atoms with van der Waals surface area (Å²) in [7, 11) is -3.43. The van der Waals surface area contributed by atoms with Crippen LogP contribution in [0.1, 0.15) is 42.2 Å². The van der Waals surface area contributed by atoms with E-state index < -0.39 is 10.0 Å². The standard InChI is InChI=1S/C22H27N3O3S2/c26-21(15-24-13-9-20-19(10-14-29-20)22(24)16-3-4-16)23-17-5-7-18(8-6-17)30(27,28)25-11-1-2-12-25/h5-8,10,14,16,22H,1-4,9,11-13,15H2,(H,23,26). The number of carbonyl (C=O) groups is 1. The number of thiophene rings is 1. The molecule has 1 N–H and O–H groups in total. The van der Waals surface area contributed by atoms with Crippen molar-refractivity contribution in [3.05, 3.63) is 46.2 Å². The number of anilines is 1. The van der Waals surface area contributed by atoms with Gasteiger partial charge in [-0.3, -0.25) is 9.69 Å². The number of benzene rings is 1. The third-order valence-electron chi connectivity index (χ3n) is 6.37. The van der Waals surface area contributed by atoms with E-state index in [1.165, 1.54) is 27.6 Å². The van der Waals surface area contributed by atoms with Gasteiger partial charge in [-0.05, 0) is 79.3 Å². The number of nitrogens with one attached hydrogen (secondary N) is 1. The largest absolute Gasteiger partial charge is 0.325 e. The monoisotopic (exact) mass is 445 g/mol. The van der Waals surface area contributed by atoms with Crippen molar-refractivity contribution in [1.82, 2.24) is 9.21 Å². The molecule has 1 saturated carbocycles. The number of fused-ring (bicyclic) bond motifs is 1. The van der Waals surface area contributed by atoms with Crippen LogP contribution in [-0.4, -0.2) is 49.7 Å². The average molecular weight is 446 g/mol. The Morgan fingerprint density at radius 3 is 2.50 bits per heavy atom. The summed E-state index contributed by atoms with van der Waals surface area (Å²) in [5.74, 6) is 0.621. The highest BCUT2D eigenvalue weighted by atomic mass is 32.2. The second-order valence-corrected chi connectivity index (χ2v) is 11.4. The summed E-state index contributed by atoms with van der Waals surface area (Å²) < 4.78 is 26.8. The predicted molar refractivity (Wildman–Crippen MR) is 118 cm³/mol. The second kappa shape index (κ2) is 8.07. The van der Waals surface area contributed by atoms with Crippen LogP contribution in [0.15, 0.2) is 40.6 Å². The van der Waals surface area contributed by atoms with Crippen LogP contribution in [0.25, 0.3) is 0 Å². The van der Waals surface area contributed by atoms with Gasteiger partial charge in [0.1, 0.15) is 0 Å². The zero-order valence-corrected chi connectivity index (χ0v) is 18.6. The first-order valence-electron chi connectivity index (χ1n) is 10.7. The quantitative estimate of drug-likeness (QED) is 0.739. The lowest BCUT2D eigenvalue weighted by Gasteiger charge is -2.35. The molecule has 6 nitrogen and oxygen atoms in total. The maximum absolute atomic E-state index is 12.7. The molecule has 0 radical (unpaired) electrons. The zero-order chi connectivity index (χ0) is 20.7. The molecule has 3 heterocycles. The number of hydrogen-bond donors (Lipinski definition) is 1. The van der Waals surface area contributed by atoms with Crippen molar-refractivity contribution >= 4 is 33.0 Å². The molecule has 1 unspecified atom stereocenters. The first-order chi connectivity index (χ1) is 14.5. The van der Waals surface area contributed by atoms with Crippen LogP contribution >= 0.6 is 11.3 Å². The number of sulfonamides is 1. The minimum atomic E-state index is -3.43. The van der Waals surface area contributed by atoms with Crippen molar-refractivity contribution in [2.75, 3.05) is 31.5 Å². The predicted octanol–water partition coefficient (Wildman–Crippen LogP) is 3.48. The van der Waals surface area contributed by atoms with Crippen molar-refractivity contribution in [1.29, 1.82) is 0 Å². The second-order valence-electron chi connectivity index (χ2n) is 8.49. The third kappa shape index (κ3) is 3.93. The summed E-state index contributed by atoms with van der Waals surface area (Å²) >= 11 is 1.83. The summed E-state index contributed by atoms with van der Waals surface area (Å²) in [5.41, 5.74) is 2.05. The van der Waals surface area contributed by atoms with Crippen LogP contribution in [0.5, 0.6) is 0 Å². The summed E-state index contributed by atoms with van der Waals surface area (Å²) in [6.07, 6.45) is 5.32. The van der Waals surface area contributed by atoms with E-state index in [0.717, 1.165) is 25.8 Å². The van der Waals surface area contributed by atoms with E-state index in [2.05, 4.69) is 21.7 Å². The van der Waals surface area contributed by atoms with Crippen LogP contribution in [0.4, 0.5) is 5.69 Å². The fraction of sp³-hybridized carbons (Fsp3) is 0.500. The molecule has 160 valence electrons. The van der Waals surface area contributed by atoms with Gasteiger partial charge in [-0.1, -0.05) is 0 Å². The topological polar surface area (TPSA) is 69.7 Å². The van der Waals surface area contributed by atoms with E-state index in [1.54, 1.807) is 24.3 Å². The molecule has 2 fully saturated rings. The lowest BCUT2D eigenvalue weighted by molar-refractivity contribution is -0.118. The summed E-state index contributed by atoms with van der Waals surface area (Å²) in [4.78, 5) is 16.8. The van der Waals surface area contributed by atoms with Crippen LogP contribution in [0.3, 0.4) is 0 Å². The zero-order valence-electron chi connectivity index (χ0n) is 16.9. The Hall–Kier alpha value is -1.74. The lowest BCUT2D eigenvalue weighted by atomic mass is 9.96. The highest BCUT2D eigenvalue weighted by Gasteiger charge is 2.40. The molecular weight excluding hydrogens is 418 g/mol. The smallest absolute Gasteiger partial charge is 0.243 e. The van der Waals surface area contributed by atoms with Crippen molar-refractivity contribution in [2.45, 2.75) is 43.0 Å². The number of nitrogens with zero attached hydrogens (tertiary/aromatic N) is 2. The first-order valence-corrected chi connectivity index (χ1v) is 13.0. The molecule has 1 saturated heterocycles. The van der Waals surface area contributed by atoms with Gasteiger partial charge in [-0.15, -0.1) is 11.3 Å². The molecule has 0 spiro atoms. The van der Waals surface area contributed by atoms with Crippen LogP contribution in [0, 0.1) is 5.92 Å². The maximum atomic E-state index is 12.7. The van der Waals surface area contributed by atoms with Gasteiger partial charge in [0, 0.05) is 36.2 Å². The van der Waals surface area contributed by atoms with Crippen molar-refractivity contribution in [3.63, 3.8) is 0 Å². The normalized spacial score (nSPS) is 22.7. The van der Waals surface area contributed by atoms with Gasteiger partial charge in [-0.2, -0.15) is 4.31 Å². The lowest BCUT2D eigenvalue weighted by Crippen LogP contribution is -2.41. The van der Waals surface area contributed by atoms with E-state index in [-0.39, 0.29) is 10.8 Å². The molecule has 30 heavy (non-hydrogen) atoms. The summed E-state index contributed by atoms with van der Waals surface area (Å²) in [6.45, 7) is 2.45. The van der Waals surface area contributed by atoms with Crippen LogP contribution < -0.4 is 5.32 Å². The summed E-state index contributed by atoms with van der Waals surface area (Å²) in [5, 5.41) is 5.12. The maximum Gasteiger partial charge on any atom is 0.243 e.